The molecule has 0 saturated carbocycles. The molecule has 0 aliphatic carbocycles. The first-order chi connectivity index (χ1) is 9.15. The summed E-state index contributed by atoms with van der Waals surface area (Å²) in [5, 5.41) is 3.39. The van der Waals surface area contributed by atoms with E-state index < -0.39 is 0 Å². The van der Waals surface area contributed by atoms with Crippen LogP contribution in [0.4, 0.5) is 4.39 Å². The Labute approximate surface area is 112 Å². The van der Waals surface area contributed by atoms with E-state index in [4.69, 9.17) is 4.98 Å². The second kappa shape index (κ2) is 4.93. The fraction of sp³-hybridized carbons (Fsp3) is 0.533. The largest absolute Gasteiger partial charge is 0.325 e. The number of rotatable bonds is 3. The van der Waals surface area contributed by atoms with Gasteiger partial charge in [-0.05, 0) is 57.5 Å². The quantitative estimate of drug-likeness (QED) is 0.920. The molecule has 0 bridgehead atoms. The molecular formula is C15H20FN3. The molecular weight excluding hydrogens is 241 g/mol. The topological polar surface area (TPSA) is 29.9 Å². The van der Waals surface area contributed by atoms with Gasteiger partial charge in [0.25, 0.3) is 0 Å². The molecule has 1 fully saturated rings. The van der Waals surface area contributed by atoms with Gasteiger partial charge >= 0.3 is 0 Å². The van der Waals surface area contributed by atoms with Gasteiger partial charge in [-0.3, -0.25) is 0 Å². The maximum Gasteiger partial charge on any atom is 0.125 e. The normalized spacial score (nSPS) is 19.7. The zero-order valence-corrected chi connectivity index (χ0v) is 11.5. The number of nitrogens with one attached hydrogen (secondary N) is 1. The summed E-state index contributed by atoms with van der Waals surface area (Å²) < 4.78 is 15.6. The van der Waals surface area contributed by atoms with Crippen LogP contribution in [0.25, 0.3) is 11.0 Å². The van der Waals surface area contributed by atoms with Crippen molar-refractivity contribution in [2.24, 2.45) is 5.92 Å². The monoisotopic (exact) mass is 261 g/mol. The van der Waals surface area contributed by atoms with Gasteiger partial charge in [0, 0.05) is 12.5 Å². The van der Waals surface area contributed by atoms with Crippen molar-refractivity contribution in [1.82, 2.24) is 14.9 Å². The van der Waals surface area contributed by atoms with E-state index in [1.807, 2.05) is 0 Å². The molecule has 2 heterocycles. The lowest BCUT2D eigenvalue weighted by atomic mass is 10.0. The molecule has 102 valence electrons. The molecule has 4 heteroatoms. The third kappa shape index (κ3) is 2.37. The van der Waals surface area contributed by atoms with Crippen molar-refractivity contribution in [2.45, 2.75) is 32.7 Å². The Kier molecular flexibility index (Phi) is 3.27. The Balaban J connectivity index is 2.04. The van der Waals surface area contributed by atoms with E-state index in [1.165, 1.54) is 12.5 Å². The van der Waals surface area contributed by atoms with Gasteiger partial charge in [-0.1, -0.05) is 0 Å². The van der Waals surface area contributed by atoms with Crippen molar-refractivity contribution in [1.29, 1.82) is 0 Å². The minimum atomic E-state index is -0.191. The van der Waals surface area contributed by atoms with Gasteiger partial charge in [0.2, 0.25) is 0 Å². The summed E-state index contributed by atoms with van der Waals surface area (Å²) in [5.41, 5.74) is 1.81. The molecule has 1 saturated heterocycles. The molecule has 1 aliphatic rings. The SMILES string of the molecule is CC(C)n1c(CC2CCNC2)nc2ccc(F)cc21. The van der Waals surface area contributed by atoms with Crippen LogP contribution in [0.15, 0.2) is 18.2 Å². The lowest BCUT2D eigenvalue weighted by molar-refractivity contribution is 0.513. The summed E-state index contributed by atoms with van der Waals surface area (Å²) >= 11 is 0. The molecule has 1 atom stereocenters. The highest BCUT2D eigenvalue weighted by Gasteiger charge is 2.20. The second-order valence-electron chi connectivity index (χ2n) is 5.69. The molecule has 0 spiro atoms. The number of halogens is 1. The summed E-state index contributed by atoms with van der Waals surface area (Å²) in [6.07, 6.45) is 2.18. The predicted octanol–water partition coefficient (Wildman–Crippen LogP) is 2.91. The van der Waals surface area contributed by atoms with E-state index in [2.05, 4.69) is 23.7 Å². The average Bonchev–Trinajstić information content (AvgIpc) is 2.96. The molecule has 1 aliphatic heterocycles. The zero-order chi connectivity index (χ0) is 13.4. The summed E-state index contributed by atoms with van der Waals surface area (Å²) in [4.78, 5) is 4.71. The number of nitrogens with zero attached hydrogens (tertiary/aromatic N) is 2. The third-order valence-electron chi connectivity index (χ3n) is 3.87. The van der Waals surface area contributed by atoms with Crippen LogP contribution >= 0.6 is 0 Å². The molecule has 1 aromatic carbocycles. The second-order valence-corrected chi connectivity index (χ2v) is 5.69. The summed E-state index contributed by atoms with van der Waals surface area (Å²) in [6, 6.07) is 5.16. The molecule has 2 aromatic rings. The maximum atomic E-state index is 13.4. The van der Waals surface area contributed by atoms with Gasteiger partial charge < -0.3 is 9.88 Å². The number of benzene rings is 1. The maximum absolute atomic E-state index is 13.4. The fourth-order valence-electron chi connectivity index (χ4n) is 2.98. The van der Waals surface area contributed by atoms with Crippen molar-refractivity contribution in [3.63, 3.8) is 0 Å². The van der Waals surface area contributed by atoms with E-state index >= 15 is 0 Å². The molecule has 1 N–H and O–H groups in total. The van der Waals surface area contributed by atoms with Gasteiger partial charge in [-0.25, -0.2) is 9.37 Å². The zero-order valence-electron chi connectivity index (χ0n) is 11.5. The van der Waals surface area contributed by atoms with Crippen molar-refractivity contribution < 1.29 is 4.39 Å². The average molecular weight is 261 g/mol. The van der Waals surface area contributed by atoms with Gasteiger partial charge in [0.15, 0.2) is 0 Å². The van der Waals surface area contributed by atoms with Crippen LogP contribution in [0.2, 0.25) is 0 Å². The Hall–Kier alpha value is -1.42. The molecule has 1 unspecified atom stereocenters. The Morgan fingerprint density at radius 3 is 3.00 bits per heavy atom. The third-order valence-corrected chi connectivity index (χ3v) is 3.87. The standard InChI is InChI=1S/C15H20FN3/c1-10(2)19-14-8-12(16)3-4-13(14)18-15(19)7-11-5-6-17-9-11/h3-4,8,10-11,17H,5-7,9H2,1-2H3. The molecule has 19 heavy (non-hydrogen) atoms. The predicted molar refractivity (Wildman–Crippen MR) is 74.8 cm³/mol. The van der Waals surface area contributed by atoms with Crippen LogP contribution in [-0.4, -0.2) is 22.6 Å². The smallest absolute Gasteiger partial charge is 0.125 e. The van der Waals surface area contributed by atoms with Crippen LogP contribution in [0.3, 0.4) is 0 Å². The van der Waals surface area contributed by atoms with E-state index in [0.29, 0.717) is 12.0 Å². The minimum absolute atomic E-state index is 0.191. The first kappa shape index (κ1) is 12.6. The van der Waals surface area contributed by atoms with Gasteiger partial charge in [-0.15, -0.1) is 0 Å². The number of hydrogen-bond donors (Lipinski definition) is 1. The van der Waals surface area contributed by atoms with E-state index in [-0.39, 0.29) is 5.82 Å². The highest BCUT2D eigenvalue weighted by molar-refractivity contribution is 5.76. The first-order valence-electron chi connectivity index (χ1n) is 7.02. The lowest BCUT2D eigenvalue weighted by Gasteiger charge is -2.15. The van der Waals surface area contributed by atoms with Crippen molar-refractivity contribution in [3.05, 3.63) is 29.8 Å². The molecule has 0 radical (unpaired) electrons. The van der Waals surface area contributed by atoms with Crippen molar-refractivity contribution >= 4 is 11.0 Å². The number of fused-ring (bicyclic) bond motifs is 1. The van der Waals surface area contributed by atoms with Crippen LogP contribution in [0.5, 0.6) is 0 Å². The van der Waals surface area contributed by atoms with Crippen LogP contribution in [-0.2, 0) is 6.42 Å². The fourth-order valence-corrected chi connectivity index (χ4v) is 2.98. The summed E-state index contributed by atoms with van der Waals surface area (Å²) in [7, 11) is 0. The molecule has 3 rings (SSSR count). The van der Waals surface area contributed by atoms with Gasteiger partial charge in [-0.2, -0.15) is 0 Å². The van der Waals surface area contributed by atoms with E-state index in [0.717, 1.165) is 36.4 Å². The number of hydrogen-bond acceptors (Lipinski definition) is 2. The lowest BCUT2D eigenvalue weighted by Crippen LogP contribution is -2.14. The van der Waals surface area contributed by atoms with Crippen LogP contribution < -0.4 is 5.32 Å². The molecule has 0 amide bonds. The number of aromatic nitrogens is 2. The Morgan fingerprint density at radius 1 is 1.47 bits per heavy atom. The number of imidazole rings is 1. The van der Waals surface area contributed by atoms with Crippen molar-refractivity contribution in [3.8, 4) is 0 Å². The summed E-state index contributed by atoms with van der Waals surface area (Å²) in [6.45, 7) is 6.42. The first-order valence-corrected chi connectivity index (χ1v) is 7.02. The van der Waals surface area contributed by atoms with E-state index in [9.17, 15) is 4.39 Å². The molecule has 1 aromatic heterocycles. The molecule has 3 nitrogen and oxygen atoms in total. The minimum Gasteiger partial charge on any atom is -0.325 e. The highest BCUT2D eigenvalue weighted by atomic mass is 19.1. The summed E-state index contributed by atoms with van der Waals surface area (Å²) in [5.74, 6) is 1.55. The Morgan fingerprint density at radius 2 is 2.32 bits per heavy atom. The van der Waals surface area contributed by atoms with Gasteiger partial charge in [0.1, 0.15) is 11.6 Å². The highest BCUT2D eigenvalue weighted by Crippen LogP contribution is 2.25. The van der Waals surface area contributed by atoms with Crippen LogP contribution in [0.1, 0.15) is 32.1 Å². The van der Waals surface area contributed by atoms with Crippen LogP contribution in [0, 0.1) is 11.7 Å². The van der Waals surface area contributed by atoms with E-state index in [1.54, 1.807) is 12.1 Å². The Bertz CT molecular complexity index is 582. The van der Waals surface area contributed by atoms with Crippen molar-refractivity contribution in [2.75, 3.05) is 13.1 Å². The van der Waals surface area contributed by atoms with Gasteiger partial charge in [0.05, 0.1) is 11.0 Å².